The summed E-state index contributed by atoms with van der Waals surface area (Å²) in [6.07, 6.45) is -0.382. The molecule has 0 heterocycles. The fourth-order valence-electron chi connectivity index (χ4n) is 0.455. The molecule has 0 aromatic carbocycles. The Hall–Kier alpha value is -0.570. The van der Waals surface area contributed by atoms with Gasteiger partial charge in [-0.05, 0) is 6.92 Å². The molecule has 0 saturated heterocycles. The Morgan fingerprint density at radius 1 is 1.78 bits per heavy atom. The smallest absolute Gasteiger partial charge is 0.302 e. The molecular weight excluding hydrogens is 120 g/mol. The number of rotatable bonds is 3. The lowest BCUT2D eigenvalue weighted by Crippen LogP contribution is -2.17. The standard InChI is InChI=1S/C6H11O3/c1-5(4-8-3)9-6(2)7/h5H,1,4H2,2-3H3. The molecule has 0 rings (SSSR count). The van der Waals surface area contributed by atoms with Gasteiger partial charge in [0.05, 0.1) is 6.61 Å². The number of ether oxygens (including phenoxy) is 2. The van der Waals surface area contributed by atoms with Crippen molar-refractivity contribution in [2.45, 2.75) is 13.0 Å². The molecule has 0 N–H and O–H groups in total. The lowest BCUT2D eigenvalue weighted by atomic mass is 10.4. The van der Waals surface area contributed by atoms with E-state index in [1.54, 1.807) is 0 Å². The molecule has 9 heavy (non-hydrogen) atoms. The lowest BCUT2D eigenvalue weighted by Gasteiger charge is -2.08. The average molecular weight is 131 g/mol. The highest BCUT2D eigenvalue weighted by molar-refractivity contribution is 5.66. The zero-order chi connectivity index (χ0) is 7.28. The second-order valence-electron chi connectivity index (χ2n) is 1.69. The van der Waals surface area contributed by atoms with Gasteiger partial charge >= 0.3 is 5.97 Å². The third-order valence-corrected chi connectivity index (χ3v) is 0.685. The number of hydrogen-bond acceptors (Lipinski definition) is 3. The minimum atomic E-state index is -0.382. The number of carbonyl (C=O) groups is 1. The van der Waals surface area contributed by atoms with Gasteiger partial charge in [0.15, 0.2) is 0 Å². The van der Waals surface area contributed by atoms with Crippen molar-refractivity contribution in [1.29, 1.82) is 0 Å². The van der Waals surface area contributed by atoms with E-state index in [0.717, 1.165) is 0 Å². The summed E-state index contributed by atoms with van der Waals surface area (Å²) < 4.78 is 9.28. The van der Waals surface area contributed by atoms with Gasteiger partial charge in [-0.3, -0.25) is 4.79 Å². The average Bonchev–Trinajstić information content (AvgIpc) is 1.63. The molecule has 1 radical (unpaired) electrons. The summed E-state index contributed by atoms with van der Waals surface area (Å²) in [5.41, 5.74) is 0. The molecule has 53 valence electrons. The van der Waals surface area contributed by atoms with Crippen LogP contribution in [0.25, 0.3) is 0 Å². The Morgan fingerprint density at radius 3 is 2.67 bits per heavy atom. The maximum atomic E-state index is 10.2. The van der Waals surface area contributed by atoms with Crippen LogP contribution in [0.1, 0.15) is 6.92 Å². The molecule has 0 aliphatic heterocycles. The molecule has 0 aromatic heterocycles. The van der Waals surface area contributed by atoms with Crippen LogP contribution in [0.15, 0.2) is 0 Å². The number of methoxy groups -OCH3 is 1. The van der Waals surface area contributed by atoms with Crippen molar-refractivity contribution >= 4 is 5.97 Å². The summed E-state index contributed by atoms with van der Waals surface area (Å²) >= 11 is 0. The monoisotopic (exact) mass is 131 g/mol. The van der Waals surface area contributed by atoms with Crippen molar-refractivity contribution in [2.24, 2.45) is 0 Å². The Labute approximate surface area is 55.0 Å². The minimum absolute atomic E-state index is 0.327. The molecule has 0 fully saturated rings. The normalized spacial score (nSPS) is 12.8. The van der Waals surface area contributed by atoms with Crippen LogP contribution in [0.2, 0.25) is 0 Å². The SMILES string of the molecule is [CH2]C(COC)OC(C)=O. The molecule has 0 aliphatic carbocycles. The summed E-state index contributed by atoms with van der Waals surface area (Å²) in [5, 5.41) is 0. The predicted octanol–water partition coefficient (Wildman–Crippen LogP) is 0.399. The van der Waals surface area contributed by atoms with Gasteiger partial charge in [-0.25, -0.2) is 0 Å². The summed E-state index contributed by atoms with van der Waals surface area (Å²) in [6.45, 7) is 5.19. The molecule has 0 bridgehead atoms. The first-order valence-corrected chi connectivity index (χ1v) is 2.66. The summed E-state index contributed by atoms with van der Waals surface area (Å²) in [6, 6.07) is 0. The van der Waals surface area contributed by atoms with Crippen LogP contribution in [0.5, 0.6) is 0 Å². The highest BCUT2D eigenvalue weighted by atomic mass is 16.6. The first-order valence-electron chi connectivity index (χ1n) is 2.66. The molecule has 0 saturated carbocycles. The number of carbonyl (C=O) groups excluding carboxylic acids is 1. The van der Waals surface area contributed by atoms with Crippen molar-refractivity contribution in [3.05, 3.63) is 6.92 Å². The Morgan fingerprint density at radius 2 is 2.33 bits per heavy atom. The van der Waals surface area contributed by atoms with Crippen LogP contribution in [-0.2, 0) is 14.3 Å². The first kappa shape index (κ1) is 8.43. The Bertz CT molecular complexity index is 90.3. The van der Waals surface area contributed by atoms with E-state index in [4.69, 9.17) is 0 Å². The summed E-state index contributed by atoms with van der Waals surface area (Å²) in [4.78, 5) is 10.2. The maximum absolute atomic E-state index is 10.2. The van der Waals surface area contributed by atoms with Crippen molar-refractivity contribution in [3.63, 3.8) is 0 Å². The van der Waals surface area contributed by atoms with Crippen LogP contribution in [0.3, 0.4) is 0 Å². The van der Waals surface area contributed by atoms with Crippen LogP contribution >= 0.6 is 0 Å². The van der Waals surface area contributed by atoms with Crippen LogP contribution in [0, 0.1) is 6.92 Å². The van der Waals surface area contributed by atoms with Gasteiger partial charge in [-0.2, -0.15) is 0 Å². The molecule has 3 heteroatoms. The van der Waals surface area contributed by atoms with E-state index < -0.39 is 0 Å². The highest BCUT2D eigenvalue weighted by Crippen LogP contribution is 1.89. The number of esters is 1. The van der Waals surface area contributed by atoms with Crippen LogP contribution in [-0.4, -0.2) is 25.8 Å². The van der Waals surface area contributed by atoms with E-state index in [1.807, 2.05) is 0 Å². The fraction of sp³-hybridized carbons (Fsp3) is 0.667. The van der Waals surface area contributed by atoms with Gasteiger partial charge in [0.2, 0.25) is 0 Å². The Kier molecular flexibility index (Phi) is 4.05. The van der Waals surface area contributed by atoms with Crippen molar-refractivity contribution < 1.29 is 14.3 Å². The molecule has 0 spiro atoms. The van der Waals surface area contributed by atoms with Crippen molar-refractivity contribution in [2.75, 3.05) is 13.7 Å². The molecule has 1 unspecified atom stereocenters. The summed E-state index contributed by atoms with van der Waals surface area (Å²) in [7, 11) is 1.53. The van der Waals surface area contributed by atoms with Gasteiger partial charge in [-0.1, -0.05) is 0 Å². The third kappa shape index (κ3) is 5.30. The van der Waals surface area contributed by atoms with Gasteiger partial charge in [-0.15, -0.1) is 0 Å². The van der Waals surface area contributed by atoms with Crippen LogP contribution < -0.4 is 0 Å². The second-order valence-corrected chi connectivity index (χ2v) is 1.69. The largest absolute Gasteiger partial charge is 0.460 e. The minimum Gasteiger partial charge on any atom is -0.460 e. The van der Waals surface area contributed by atoms with E-state index in [9.17, 15) is 4.79 Å². The fourth-order valence-corrected chi connectivity index (χ4v) is 0.455. The molecule has 3 nitrogen and oxygen atoms in total. The van der Waals surface area contributed by atoms with E-state index in [0.29, 0.717) is 6.61 Å². The van der Waals surface area contributed by atoms with E-state index >= 15 is 0 Å². The molecule has 1 atom stereocenters. The van der Waals surface area contributed by atoms with E-state index in [2.05, 4.69) is 16.4 Å². The van der Waals surface area contributed by atoms with Gasteiger partial charge in [0.1, 0.15) is 6.10 Å². The molecule has 0 amide bonds. The first-order chi connectivity index (χ1) is 4.16. The van der Waals surface area contributed by atoms with Gasteiger partial charge in [0.25, 0.3) is 0 Å². The molecule has 0 aliphatic rings. The lowest BCUT2D eigenvalue weighted by molar-refractivity contribution is -0.146. The maximum Gasteiger partial charge on any atom is 0.302 e. The van der Waals surface area contributed by atoms with Gasteiger partial charge < -0.3 is 9.47 Å². The van der Waals surface area contributed by atoms with E-state index in [1.165, 1.54) is 14.0 Å². The number of hydrogen-bond donors (Lipinski definition) is 0. The van der Waals surface area contributed by atoms with Gasteiger partial charge in [0, 0.05) is 14.0 Å². The molecule has 0 aromatic rings. The molecular formula is C6H11O3. The van der Waals surface area contributed by atoms with Crippen LogP contribution in [0.4, 0.5) is 0 Å². The Balaban J connectivity index is 3.26. The van der Waals surface area contributed by atoms with Crippen molar-refractivity contribution in [1.82, 2.24) is 0 Å². The summed E-state index contributed by atoms with van der Waals surface area (Å²) in [5.74, 6) is -0.327. The quantitative estimate of drug-likeness (QED) is 0.520. The highest BCUT2D eigenvalue weighted by Gasteiger charge is 2.02. The third-order valence-electron chi connectivity index (χ3n) is 0.685. The topological polar surface area (TPSA) is 35.5 Å². The van der Waals surface area contributed by atoms with Crippen molar-refractivity contribution in [3.8, 4) is 0 Å². The predicted molar refractivity (Wildman–Crippen MR) is 32.8 cm³/mol. The second kappa shape index (κ2) is 4.32. The zero-order valence-electron chi connectivity index (χ0n) is 5.72. The van der Waals surface area contributed by atoms with E-state index in [-0.39, 0.29) is 12.1 Å². The zero-order valence-corrected chi connectivity index (χ0v) is 5.72.